The Morgan fingerprint density at radius 3 is 2.50 bits per heavy atom. The van der Waals surface area contributed by atoms with Crippen molar-refractivity contribution in [1.82, 2.24) is 0 Å². The number of ether oxygens (including phenoxy) is 2. The predicted molar refractivity (Wildman–Crippen MR) is 95.7 cm³/mol. The SMILES string of the molecule is CCCC1COC1CCOC(=O)c1ccc(N2C(=O)C=C(C)C2=O)cc1. The molecule has 2 atom stereocenters. The molecule has 0 spiro atoms. The number of amides is 2. The summed E-state index contributed by atoms with van der Waals surface area (Å²) in [6, 6.07) is 6.27. The summed E-state index contributed by atoms with van der Waals surface area (Å²) in [7, 11) is 0. The van der Waals surface area contributed by atoms with Crippen LogP contribution < -0.4 is 4.90 Å². The van der Waals surface area contributed by atoms with Gasteiger partial charge in [-0.15, -0.1) is 0 Å². The largest absolute Gasteiger partial charge is 0.462 e. The normalized spacial score (nSPS) is 22.2. The van der Waals surface area contributed by atoms with Crippen LogP contribution in [0.1, 0.15) is 43.5 Å². The van der Waals surface area contributed by atoms with E-state index in [1.807, 2.05) is 0 Å². The van der Waals surface area contributed by atoms with E-state index >= 15 is 0 Å². The maximum atomic E-state index is 12.1. The van der Waals surface area contributed by atoms with Gasteiger partial charge in [0.2, 0.25) is 0 Å². The summed E-state index contributed by atoms with van der Waals surface area (Å²) in [5.74, 6) is -0.556. The predicted octanol–water partition coefficient (Wildman–Crippen LogP) is 2.87. The van der Waals surface area contributed by atoms with Crippen molar-refractivity contribution in [3.05, 3.63) is 41.5 Å². The highest BCUT2D eigenvalue weighted by atomic mass is 16.5. The molecule has 1 fully saturated rings. The Bertz CT molecular complexity index is 737. The van der Waals surface area contributed by atoms with Crippen molar-refractivity contribution in [3.8, 4) is 0 Å². The van der Waals surface area contributed by atoms with Crippen molar-refractivity contribution in [2.75, 3.05) is 18.1 Å². The van der Waals surface area contributed by atoms with E-state index < -0.39 is 5.97 Å². The van der Waals surface area contributed by atoms with Crippen molar-refractivity contribution in [2.24, 2.45) is 5.92 Å². The third-order valence-electron chi connectivity index (χ3n) is 4.81. The third kappa shape index (κ3) is 3.70. The molecule has 1 saturated heterocycles. The Balaban J connectivity index is 1.51. The second-order valence-corrected chi connectivity index (χ2v) is 6.70. The lowest BCUT2D eigenvalue weighted by Crippen LogP contribution is -2.40. The summed E-state index contributed by atoms with van der Waals surface area (Å²) in [4.78, 5) is 37.1. The van der Waals surface area contributed by atoms with Gasteiger partial charge in [0.15, 0.2) is 0 Å². The summed E-state index contributed by atoms with van der Waals surface area (Å²) in [5, 5.41) is 0. The highest BCUT2D eigenvalue weighted by molar-refractivity contribution is 6.30. The van der Waals surface area contributed by atoms with Crippen molar-refractivity contribution in [1.29, 1.82) is 0 Å². The second-order valence-electron chi connectivity index (χ2n) is 6.70. The molecule has 0 N–H and O–H groups in total. The highest BCUT2D eigenvalue weighted by Gasteiger charge is 2.31. The number of carbonyl (C=O) groups excluding carboxylic acids is 3. The second kappa shape index (κ2) is 7.83. The van der Waals surface area contributed by atoms with Crippen LogP contribution in [0.2, 0.25) is 0 Å². The average molecular weight is 357 g/mol. The van der Waals surface area contributed by atoms with Gasteiger partial charge in [-0.3, -0.25) is 9.59 Å². The monoisotopic (exact) mass is 357 g/mol. The van der Waals surface area contributed by atoms with Gasteiger partial charge in [0.25, 0.3) is 11.8 Å². The van der Waals surface area contributed by atoms with E-state index in [1.165, 1.54) is 6.08 Å². The van der Waals surface area contributed by atoms with Crippen LogP contribution >= 0.6 is 0 Å². The van der Waals surface area contributed by atoms with Gasteiger partial charge in [-0.05, 0) is 37.6 Å². The number of rotatable bonds is 7. The summed E-state index contributed by atoms with van der Waals surface area (Å²) < 4.78 is 10.8. The lowest BCUT2D eigenvalue weighted by atomic mass is 9.91. The molecule has 6 nitrogen and oxygen atoms in total. The fraction of sp³-hybridized carbons (Fsp3) is 0.450. The quantitative estimate of drug-likeness (QED) is 0.554. The van der Waals surface area contributed by atoms with E-state index in [-0.39, 0.29) is 17.9 Å². The molecule has 138 valence electrons. The molecule has 0 bridgehead atoms. The van der Waals surface area contributed by atoms with Gasteiger partial charge in [0.1, 0.15) is 0 Å². The van der Waals surface area contributed by atoms with Crippen LogP contribution in [0.5, 0.6) is 0 Å². The Kier molecular flexibility index (Phi) is 5.52. The first kappa shape index (κ1) is 18.3. The van der Waals surface area contributed by atoms with Crippen LogP contribution in [0, 0.1) is 5.92 Å². The fourth-order valence-corrected chi connectivity index (χ4v) is 3.26. The van der Waals surface area contributed by atoms with Gasteiger partial charge in [-0.2, -0.15) is 0 Å². The van der Waals surface area contributed by atoms with Crippen LogP contribution in [-0.2, 0) is 19.1 Å². The highest BCUT2D eigenvalue weighted by Crippen LogP contribution is 2.27. The van der Waals surface area contributed by atoms with E-state index in [9.17, 15) is 14.4 Å². The zero-order valence-corrected chi connectivity index (χ0v) is 15.1. The molecule has 3 rings (SSSR count). The van der Waals surface area contributed by atoms with Crippen LogP contribution in [0.3, 0.4) is 0 Å². The molecule has 1 aromatic rings. The summed E-state index contributed by atoms with van der Waals surface area (Å²) in [6.07, 6.45) is 4.47. The zero-order valence-electron chi connectivity index (χ0n) is 15.1. The average Bonchev–Trinajstić information content (AvgIpc) is 2.87. The molecule has 0 aromatic heterocycles. The van der Waals surface area contributed by atoms with E-state index in [4.69, 9.17) is 9.47 Å². The first-order valence-corrected chi connectivity index (χ1v) is 8.96. The molecule has 2 aliphatic rings. The Hall–Kier alpha value is -2.47. The number of hydrogen-bond acceptors (Lipinski definition) is 5. The Morgan fingerprint density at radius 2 is 1.96 bits per heavy atom. The lowest BCUT2D eigenvalue weighted by Gasteiger charge is -2.36. The molecule has 0 saturated carbocycles. The maximum absolute atomic E-state index is 12.1. The number of nitrogens with zero attached hydrogens (tertiary/aromatic N) is 1. The first-order chi connectivity index (χ1) is 12.5. The van der Waals surface area contributed by atoms with Crippen molar-refractivity contribution in [2.45, 2.75) is 39.2 Å². The molecule has 2 unspecified atom stereocenters. The van der Waals surface area contributed by atoms with Gasteiger partial charge < -0.3 is 9.47 Å². The van der Waals surface area contributed by atoms with Gasteiger partial charge in [0.05, 0.1) is 30.6 Å². The molecule has 2 heterocycles. The molecule has 0 radical (unpaired) electrons. The van der Waals surface area contributed by atoms with E-state index in [0.29, 0.717) is 35.8 Å². The minimum Gasteiger partial charge on any atom is -0.462 e. The van der Waals surface area contributed by atoms with E-state index in [1.54, 1.807) is 31.2 Å². The molecule has 2 amide bonds. The number of esters is 1. The standard InChI is InChI=1S/C20H23NO5/c1-3-4-15-12-26-17(15)9-10-25-20(24)14-5-7-16(8-6-14)21-18(22)11-13(2)19(21)23/h5-8,11,15,17H,3-4,9-10,12H2,1-2H3. The number of benzene rings is 1. The molecule has 1 aromatic carbocycles. The van der Waals surface area contributed by atoms with E-state index in [2.05, 4.69) is 6.92 Å². The molecule has 6 heteroatoms. The lowest BCUT2D eigenvalue weighted by molar-refractivity contribution is -0.125. The molecule has 2 aliphatic heterocycles. The minimum atomic E-state index is -0.420. The fourth-order valence-electron chi connectivity index (χ4n) is 3.26. The zero-order chi connectivity index (χ0) is 18.7. The molecular formula is C20H23NO5. The van der Waals surface area contributed by atoms with Gasteiger partial charge in [-0.25, -0.2) is 9.69 Å². The summed E-state index contributed by atoms with van der Waals surface area (Å²) in [6.45, 7) is 4.87. The summed E-state index contributed by atoms with van der Waals surface area (Å²) in [5.41, 5.74) is 1.23. The van der Waals surface area contributed by atoms with E-state index in [0.717, 1.165) is 24.3 Å². The summed E-state index contributed by atoms with van der Waals surface area (Å²) >= 11 is 0. The van der Waals surface area contributed by atoms with Crippen LogP contribution in [0.15, 0.2) is 35.9 Å². The van der Waals surface area contributed by atoms with Gasteiger partial charge in [0, 0.05) is 24.0 Å². The van der Waals surface area contributed by atoms with Gasteiger partial charge in [-0.1, -0.05) is 13.3 Å². The Morgan fingerprint density at radius 1 is 1.23 bits per heavy atom. The maximum Gasteiger partial charge on any atom is 0.338 e. The van der Waals surface area contributed by atoms with Crippen LogP contribution in [-0.4, -0.2) is 37.1 Å². The topological polar surface area (TPSA) is 72.9 Å². The Labute approximate surface area is 152 Å². The molecule has 26 heavy (non-hydrogen) atoms. The first-order valence-electron chi connectivity index (χ1n) is 8.96. The molecular weight excluding hydrogens is 334 g/mol. The number of anilines is 1. The van der Waals surface area contributed by atoms with Crippen molar-refractivity contribution in [3.63, 3.8) is 0 Å². The minimum absolute atomic E-state index is 0.188. The smallest absolute Gasteiger partial charge is 0.338 e. The van der Waals surface area contributed by atoms with Gasteiger partial charge >= 0.3 is 5.97 Å². The van der Waals surface area contributed by atoms with Crippen molar-refractivity contribution < 1.29 is 23.9 Å². The number of hydrogen-bond donors (Lipinski definition) is 0. The molecule has 0 aliphatic carbocycles. The van der Waals surface area contributed by atoms with Crippen molar-refractivity contribution >= 4 is 23.5 Å². The number of imide groups is 1. The number of carbonyl (C=O) groups is 3. The third-order valence-corrected chi connectivity index (χ3v) is 4.81. The van der Waals surface area contributed by atoms with Crippen LogP contribution in [0.4, 0.5) is 5.69 Å². The van der Waals surface area contributed by atoms with Crippen LogP contribution in [0.25, 0.3) is 0 Å².